The number of para-hydroxylation sites is 2. The second kappa shape index (κ2) is 7.91. The largest absolute Gasteiger partial charge is 0.493 e. The molecular formula is C10H13IO2. The fraction of sp³-hybridized carbons (Fsp3) is 0.200. The molecule has 0 aliphatic rings. The van der Waals surface area contributed by atoms with Gasteiger partial charge in [0.2, 0.25) is 0 Å². The normalized spacial score (nSPS) is 7.92. The molecule has 0 aromatic heterocycles. The Kier molecular flexibility index (Phi) is 7.48. The molecule has 0 fully saturated rings. The van der Waals surface area contributed by atoms with E-state index < -0.39 is 0 Å². The molecule has 1 rings (SSSR count). The summed E-state index contributed by atoms with van der Waals surface area (Å²) >= 11 is 2.05. The van der Waals surface area contributed by atoms with Gasteiger partial charge in [0.1, 0.15) is 0 Å². The van der Waals surface area contributed by atoms with Crippen LogP contribution in [-0.4, -0.2) is 14.2 Å². The van der Waals surface area contributed by atoms with Crippen LogP contribution in [0.25, 0.3) is 0 Å². The molecule has 2 nitrogen and oxygen atoms in total. The Morgan fingerprint density at radius 3 is 1.69 bits per heavy atom. The molecule has 0 aliphatic carbocycles. The van der Waals surface area contributed by atoms with Crippen molar-refractivity contribution in [3.05, 3.63) is 34.9 Å². The maximum absolute atomic E-state index is 5.01. The zero-order valence-corrected chi connectivity index (χ0v) is 9.95. The van der Waals surface area contributed by atoms with Crippen LogP contribution in [-0.2, 0) is 0 Å². The highest BCUT2D eigenvalue weighted by Gasteiger charge is 1.97. The number of halogens is 1. The quantitative estimate of drug-likeness (QED) is 0.779. The van der Waals surface area contributed by atoms with Gasteiger partial charge >= 0.3 is 0 Å². The molecule has 0 radical (unpaired) electrons. The first kappa shape index (κ1) is 12.3. The fourth-order valence-electron chi connectivity index (χ4n) is 0.787. The average Bonchev–Trinajstić information content (AvgIpc) is 2.19. The first-order chi connectivity index (χ1) is 6.29. The Hall–Kier alpha value is -0.710. The lowest BCUT2D eigenvalue weighted by atomic mass is 10.3. The summed E-state index contributed by atoms with van der Waals surface area (Å²) in [6.07, 6.45) is 0. The molecule has 0 spiro atoms. The molecule has 13 heavy (non-hydrogen) atoms. The SMILES string of the molecule is C=CI.COc1ccccc1OC. The maximum Gasteiger partial charge on any atom is 0.160 e. The number of hydrogen-bond acceptors (Lipinski definition) is 2. The lowest BCUT2D eigenvalue weighted by Gasteiger charge is -2.04. The minimum atomic E-state index is 0.769. The van der Waals surface area contributed by atoms with E-state index in [-0.39, 0.29) is 0 Å². The molecular weight excluding hydrogens is 279 g/mol. The van der Waals surface area contributed by atoms with Crippen molar-refractivity contribution < 1.29 is 9.47 Å². The zero-order chi connectivity index (χ0) is 10.1. The van der Waals surface area contributed by atoms with Crippen LogP contribution >= 0.6 is 22.6 Å². The van der Waals surface area contributed by atoms with E-state index in [1.807, 2.05) is 24.3 Å². The van der Waals surface area contributed by atoms with Crippen molar-refractivity contribution in [2.45, 2.75) is 0 Å². The molecule has 0 amide bonds. The van der Waals surface area contributed by atoms with Gasteiger partial charge in [-0.15, -0.1) is 0 Å². The van der Waals surface area contributed by atoms with Crippen molar-refractivity contribution in [3.63, 3.8) is 0 Å². The van der Waals surface area contributed by atoms with Crippen molar-refractivity contribution in [2.24, 2.45) is 0 Å². The van der Waals surface area contributed by atoms with E-state index in [1.165, 1.54) is 0 Å². The van der Waals surface area contributed by atoms with E-state index in [1.54, 1.807) is 18.3 Å². The number of benzene rings is 1. The molecule has 0 heterocycles. The Morgan fingerprint density at radius 1 is 1.15 bits per heavy atom. The monoisotopic (exact) mass is 292 g/mol. The molecule has 3 heteroatoms. The van der Waals surface area contributed by atoms with Crippen LogP contribution in [0, 0.1) is 0 Å². The van der Waals surface area contributed by atoms with Crippen molar-refractivity contribution in [2.75, 3.05) is 14.2 Å². The minimum absolute atomic E-state index is 0.769. The molecule has 0 unspecified atom stereocenters. The highest BCUT2D eigenvalue weighted by Crippen LogP contribution is 2.24. The molecule has 1 aromatic carbocycles. The number of methoxy groups -OCH3 is 2. The summed E-state index contributed by atoms with van der Waals surface area (Å²) in [4.78, 5) is 0. The topological polar surface area (TPSA) is 18.5 Å². The van der Waals surface area contributed by atoms with E-state index in [4.69, 9.17) is 9.47 Å². The second-order valence-electron chi connectivity index (χ2n) is 2.01. The highest BCUT2D eigenvalue weighted by atomic mass is 127. The van der Waals surface area contributed by atoms with E-state index >= 15 is 0 Å². The Bertz CT molecular complexity index is 225. The molecule has 72 valence electrons. The molecule has 0 N–H and O–H groups in total. The zero-order valence-electron chi connectivity index (χ0n) is 7.79. The van der Waals surface area contributed by atoms with Gasteiger partial charge in [-0.2, -0.15) is 0 Å². The smallest absolute Gasteiger partial charge is 0.160 e. The molecule has 0 atom stereocenters. The third-order valence-electron chi connectivity index (χ3n) is 1.29. The molecule has 1 aromatic rings. The van der Waals surface area contributed by atoms with Crippen LogP contribution in [0.1, 0.15) is 0 Å². The Balaban J connectivity index is 0.000000424. The van der Waals surface area contributed by atoms with Gasteiger partial charge < -0.3 is 9.47 Å². The molecule has 0 saturated heterocycles. The minimum Gasteiger partial charge on any atom is -0.493 e. The molecule has 0 aliphatic heterocycles. The summed E-state index contributed by atoms with van der Waals surface area (Å²) in [6, 6.07) is 7.53. The lowest BCUT2D eigenvalue weighted by Crippen LogP contribution is -1.88. The van der Waals surface area contributed by atoms with Crippen LogP contribution in [0.5, 0.6) is 11.5 Å². The van der Waals surface area contributed by atoms with Crippen molar-refractivity contribution >= 4 is 22.6 Å². The van der Waals surface area contributed by atoms with Crippen LogP contribution in [0.15, 0.2) is 34.9 Å². The highest BCUT2D eigenvalue weighted by molar-refractivity contribution is 14.1. The van der Waals surface area contributed by atoms with Gasteiger partial charge in [0.15, 0.2) is 11.5 Å². The number of rotatable bonds is 2. The molecule has 0 bridgehead atoms. The van der Waals surface area contributed by atoms with Crippen molar-refractivity contribution in [1.29, 1.82) is 0 Å². The standard InChI is InChI=1S/C8H10O2.C2H3I/c1-9-7-5-3-4-6-8(7)10-2;1-2-3/h3-6H,1-2H3;2H,1H2. The van der Waals surface area contributed by atoms with Gasteiger partial charge in [0.25, 0.3) is 0 Å². The van der Waals surface area contributed by atoms with Gasteiger partial charge in [-0.25, -0.2) is 0 Å². The maximum atomic E-state index is 5.01. The summed E-state index contributed by atoms with van der Waals surface area (Å²) < 4.78 is 11.7. The third-order valence-corrected chi connectivity index (χ3v) is 1.29. The van der Waals surface area contributed by atoms with Crippen LogP contribution in [0.3, 0.4) is 0 Å². The van der Waals surface area contributed by atoms with E-state index in [9.17, 15) is 0 Å². The number of ether oxygens (including phenoxy) is 2. The Labute approximate surface area is 92.7 Å². The van der Waals surface area contributed by atoms with Gasteiger partial charge in [-0.1, -0.05) is 41.3 Å². The lowest BCUT2D eigenvalue weighted by molar-refractivity contribution is 0.355. The van der Waals surface area contributed by atoms with Crippen LogP contribution in [0.4, 0.5) is 0 Å². The van der Waals surface area contributed by atoms with Gasteiger partial charge in [0.05, 0.1) is 14.2 Å². The first-order valence-electron chi connectivity index (χ1n) is 3.68. The van der Waals surface area contributed by atoms with Gasteiger partial charge in [0, 0.05) is 0 Å². The van der Waals surface area contributed by atoms with Crippen LogP contribution < -0.4 is 9.47 Å². The summed E-state index contributed by atoms with van der Waals surface area (Å²) in [6.45, 7) is 3.35. The van der Waals surface area contributed by atoms with E-state index in [0.717, 1.165) is 11.5 Å². The predicted octanol–water partition coefficient (Wildman–Crippen LogP) is 3.27. The summed E-state index contributed by atoms with van der Waals surface area (Å²) in [5, 5.41) is 0. The summed E-state index contributed by atoms with van der Waals surface area (Å²) in [5.74, 6) is 1.54. The van der Waals surface area contributed by atoms with Gasteiger partial charge in [-0.3, -0.25) is 0 Å². The van der Waals surface area contributed by atoms with Crippen molar-refractivity contribution in [1.82, 2.24) is 0 Å². The second-order valence-corrected chi connectivity index (χ2v) is 2.89. The first-order valence-corrected chi connectivity index (χ1v) is 4.92. The Morgan fingerprint density at radius 2 is 1.46 bits per heavy atom. The fourth-order valence-corrected chi connectivity index (χ4v) is 0.787. The van der Waals surface area contributed by atoms with Crippen LogP contribution in [0.2, 0.25) is 0 Å². The number of hydrogen-bond donors (Lipinski definition) is 0. The summed E-state index contributed by atoms with van der Waals surface area (Å²) in [5.41, 5.74) is 0. The van der Waals surface area contributed by atoms with Crippen molar-refractivity contribution in [3.8, 4) is 11.5 Å². The average molecular weight is 292 g/mol. The third kappa shape index (κ3) is 4.77. The molecule has 0 saturated carbocycles. The summed E-state index contributed by atoms with van der Waals surface area (Å²) in [7, 11) is 3.25. The predicted molar refractivity (Wildman–Crippen MR) is 63.8 cm³/mol. The van der Waals surface area contributed by atoms with E-state index in [0.29, 0.717) is 0 Å². The van der Waals surface area contributed by atoms with Gasteiger partial charge in [-0.05, 0) is 16.2 Å². The van der Waals surface area contributed by atoms with E-state index in [2.05, 4.69) is 29.2 Å².